The van der Waals surface area contributed by atoms with Crippen LogP contribution < -0.4 is 0 Å². The molecule has 0 spiro atoms. The van der Waals surface area contributed by atoms with Gasteiger partial charge in [0.05, 0.1) is 0 Å². The highest BCUT2D eigenvalue weighted by Gasteiger charge is 2.46. The summed E-state index contributed by atoms with van der Waals surface area (Å²) in [6, 6.07) is 1.14. The molecule has 4 heteroatoms. The van der Waals surface area contributed by atoms with E-state index in [1.807, 2.05) is 4.90 Å². The number of likely N-dealkylation sites (tertiary alicyclic amines) is 1. The molecule has 1 amide bonds. The number of hydrogen-bond acceptors (Lipinski definition) is 3. The minimum atomic E-state index is -1.24. The van der Waals surface area contributed by atoms with E-state index in [9.17, 15) is 9.90 Å². The average molecular weight is 240 g/mol. The number of rotatable bonds is 2. The Morgan fingerprint density at radius 2 is 1.71 bits per heavy atom. The van der Waals surface area contributed by atoms with Gasteiger partial charge >= 0.3 is 0 Å². The summed E-state index contributed by atoms with van der Waals surface area (Å²) < 4.78 is 0. The molecule has 2 atom stereocenters. The van der Waals surface area contributed by atoms with Crippen molar-refractivity contribution in [3.63, 3.8) is 0 Å². The smallest absolute Gasteiger partial charge is 0.254 e. The molecule has 2 aliphatic heterocycles. The lowest BCUT2D eigenvalue weighted by atomic mass is 10.0. The normalized spacial score (nSPS) is 30.1. The van der Waals surface area contributed by atoms with Gasteiger partial charge < -0.3 is 10.0 Å². The number of carbonyl (C=O) groups excluding carboxylic acids is 1. The van der Waals surface area contributed by atoms with Crippen molar-refractivity contribution in [3.05, 3.63) is 0 Å². The fourth-order valence-corrected chi connectivity index (χ4v) is 3.00. The maximum atomic E-state index is 12.2. The molecule has 4 nitrogen and oxygen atoms in total. The second-order valence-electron chi connectivity index (χ2n) is 6.20. The second kappa shape index (κ2) is 4.25. The van der Waals surface area contributed by atoms with Gasteiger partial charge in [-0.25, -0.2) is 0 Å². The zero-order valence-electron chi connectivity index (χ0n) is 11.3. The molecule has 2 aliphatic rings. The molecule has 0 aromatic carbocycles. The first kappa shape index (κ1) is 12.8. The van der Waals surface area contributed by atoms with Crippen LogP contribution >= 0.6 is 0 Å². The minimum absolute atomic E-state index is 0.103. The van der Waals surface area contributed by atoms with E-state index in [0.29, 0.717) is 18.1 Å². The van der Waals surface area contributed by atoms with Gasteiger partial charge in [0.1, 0.15) is 5.60 Å². The van der Waals surface area contributed by atoms with Crippen LogP contribution in [0, 0.1) is 0 Å². The molecule has 0 aliphatic carbocycles. The molecule has 17 heavy (non-hydrogen) atoms. The van der Waals surface area contributed by atoms with E-state index in [0.717, 1.165) is 25.9 Å². The van der Waals surface area contributed by atoms with E-state index >= 15 is 0 Å². The van der Waals surface area contributed by atoms with Gasteiger partial charge in [-0.1, -0.05) is 0 Å². The number of hydrogen-bond donors (Lipinski definition) is 1. The first-order chi connectivity index (χ1) is 7.80. The number of aliphatic hydroxyl groups is 1. The maximum absolute atomic E-state index is 12.2. The fraction of sp³-hybridized carbons (Fsp3) is 0.923. The Morgan fingerprint density at radius 3 is 2.06 bits per heavy atom. The minimum Gasteiger partial charge on any atom is -0.381 e. The van der Waals surface area contributed by atoms with Crippen LogP contribution in [0.2, 0.25) is 0 Å². The van der Waals surface area contributed by atoms with Crippen molar-refractivity contribution in [1.29, 1.82) is 0 Å². The summed E-state index contributed by atoms with van der Waals surface area (Å²) in [5.41, 5.74) is -1.24. The van der Waals surface area contributed by atoms with E-state index in [4.69, 9.17) is 0 Å². The lowest BCUT2D eigenvalue weighted by Gasteiger charge is -2.44. The lowest BCUT2D eigenvalue weighted by Crippen LogP contribution is -2.60. The molecule has 2 heterocycles. The first-order valence-corrected chi connectivity index (χ1v) is 6.60. The van der Waals surface area contributed by atoms with Crippen LogP contribution in [0.1, 0.15) is 40.5 Å². The lowest BCUT2D eigenvalue weighted by molar-refractivity contribution is -0.154. The summed E-state index contributed by atoms with van der Waals surface area (Å²) >= 11 is 0. The van der Waals surface area contributed by atoms with Gasteiger partial charge in [-0.15, -0.1) is 0 Å². The Morgan fingerprint density at radius 1 is 1.24 bits per heavy atom. The molecule has 98 valence electrons. The third-order valence-electron chi connectivity index (χ3n) is 4.00. The Balaban J connectivity index is 2.12. The van der Waals surface area contributed by atoms with E-state index in [1.165, 1.54) is 0 Å². The molecule has 0 saturated carbocycles. The fourth-order valence-electron chi connectivity index (χ4n) is 3.00. The summed E-state index contributed by atoms with van der Waals surface area (Å²) in [5.74, 6) is -0.103. The maximum Gasteiger partial charge on any atom is 0.254 e. The van der Waals surface area contributed by atoms with Crippen molar-refractivity contribution in [3.8, 4) is 0 Å². The molecule has 0 aromatic rings. The molecular weight excluding hydrogens is 216 g/mol. The Hall–Kier alpha value is -0.610. The van der Waals surface area contributed by atoms with Crippen molar-refractivity contribution < 1.29 is 9.90 Å². The van der Waals surface area contributed by atoms with Crippen LogP contribution in [0.5, 0.6) is 0 Å². The highest BCUT2D eigenvalue weighted by atomic mass is 16.3. The molecule has 2 fully saturated rings. The van der Waals surface area contributed by atoms with Crippen molar-refractivity contribution in [2.24, 2.45) is 0 Å². The highest BCUT2D eigenvalue weighted by Crippen LogP contribution is 2.32. The number of amides is 1. The Bertz CT molecular complexity index is 295. The standard InChI is InChI=1S/C13H24N2O2/c1-9(2)14-7-10-5-6-11(8-14)15(10)12(16)13(3,4)17/h9-11,17H,5-8H2,1-4H3. The summed E-state index contributed by atoms with van der Waals surface area (Å²) in [4.78, 5) is 16.6. The van der Waals surface area contributed by atoms with Crippen molar-refractivity contribution in [2.75, 3.05) is 13.1 Å². The van der Waals surface area contributed by atoms with Gasteiger partial charge in [-0.2, -0.15) is 0 Å². The molecule has 2 unspecified atom stereocenters. The van der Waals surface area contributed by atoms with Crippen LogP contribution in [0.15, 0.2) is 0 Å². The summed E-state index contributed by atoms with van der Waals surface area (Å²) in [7, 11) is 0. The van der Waals surface area contributed by atoms with Crippen LogP contribution in [0.4, 0.5) is 0 Å². The Labute approximate surface area is 104 Å². The zero-order valence-corrected chi connectivity index (χ0v) is 11.3. The van der Waals surface area contributed by atoms with Crippen LogP contribution in [-0.2, 0) is 4.79 Å². The molecular formula is C13H24N2O2. The predicted octanol–water partition coefficient (Wildman–Crippen LogP) is 0.841. The van der Waals surface area contributed by atoms with Crippen molar-refractivity contribution in [2.45, 2.75) is 64.3 Å². The highest BCUT2D eigenvalue weighted by molar-refractivity contribution is 5.85. The third-order valence-corrected chi connectivity index (χ3v) is 4.00. The van der Waals surface area contributed by atoms with Gasteiger partial charge in [0.2, 0.25) is 0 Å². The number of fused-ring (bicyclic) bond motifs is 2. The Kier molecular flexibility index (Phi) is 3.21. The van der Waals surface area contributed by atoms with Crippen LogP contribution in [0.3, 0.4) is 0 Å². The predicted molar refractivity (Wildman–Crippen MR) is 66.7 cm³/mol. The van der Waals surface area contributed by atoms with Gasteiger partial charge in [0.15, 0.2) is 0 Å². The number of piperazine rings is 1. The van der Waals surface area contributed by atoms with E-state index in [-0.39, 0.29) is 5.91 Å². The number of nitrogens with zero attached hydrogens (tertiary/aromatic N) is 2. The van der Waals surface area contributed by atoms with Gasteiger partial charge in [0.25, 0.3) is 5.91 Å². The SMILES string of the molecule is CC(C)N1CC2CCC(C1)N2C(=O)C(C)(C)O. The van der Waals surface area contributed by atoms with E-state index in [1.54, 1.807) is 13.8 Å². The third kappa shape index (κ3) is 2.33. The van der Waals surface area contributed by atoms with Crippen LogP contribution in [0.25, 0.3) is 0 Å². The molecule has 2 bridgehead atoms. The van der Waals surface area contributed by atoms with Crippen LogP contribution in [-0.4, -0.2) is 57.6 Å². The van der Waals surface area contributed by atoms with Gasteiger partial charge in [-0.05, 0) is 40.5 Å². The monoisotopic (exact) mass is 240 g/mol. The molecule has 0 aromatic heterocycles. The zero-order chi connectivity index (χ0) is 12.8. The van der Waals surface area contributed by atoms with E-state index < -0.39 is 5.60 Å². The summed E-state index contributed by atoms with van der Waals surface area (Å²) in [6.45, 7) is 9.49. The molecule has 0 radical (unpaired) electrons. The van der Waals surface area contributed by atoms with Gasteiger partial charge in [-0.3, -0.25) is 9.69 Å². The molecule has 2 rings (SSSR count). The van der Waals surface area contributed by atoms with Crippen molar-refractivity contribution >= 4 is 5.91 Å². The summed E-state index contributed by atoms with van der Waals surface area (Å²) in [5, 5.41) is 9.87. The number of carbonyl (C=O) groups is 1. The second-order valence-corrected chi connectivity index (χ2v) is 6.20. The van der Waals surface area contributed by atoms with Gasteiger partial charge in [0, 0.05) is 31.2 Å². The molecule has 2 saturated heterocycles. The largest absolute Gasteiger partial charge is 0.381 e. The first-order valence-electron chi connectivity index (χ1n) is 6.60. The van der Waals surface area contributed by atoms with Crippen molar-refractivity contribution in [1.82, 2.24) is 9.80 Å². The average Bonchev–Trinajstić information content (AvgIpc) is 2.45. The topological polar surface area (TPSA) is 43.8 Å². The van der Waals surface area contributed by atoms with E-state index in [2.05, 4.69) is 18.7 Å². The molecule has 1 N–H and O–H groups in total. The summed E-state index contributed by atoms with van der Waals surface area (Å²) in [6.07, 6.45) is 2.16. The quantitative estimate of drug-likeness (QED) is 0.778.